The lowest BCUT2D eigenvalue weighted by Crippen LogP contribution is -2.02. The molecular formula is C9H13N3O2S. The van der Waals surface area contributed by atoms with Gasteiger partial charge in [0.1, 0.15) is 16.7 Å². The summed E-state index contributed by atoms with van der Waals surface area (Å²) in [6.07, 6.45) is 0.365. The van der Waals surface area contributed by atoms with E-state index in [1.165, 1.54) is 18.9 Å². The van der Waals surface area contributed by atoms with Crippen molar-refractivity contribution in [2.24, 2.45) is 0 Å². The van der Waals surface area contributed by atoms with Gasteiger partial charge >= 0.3 is 5.97 Å². The predicted molar refractivity (Wildman–Crippen MR) is 58.5 cm³/mol. The molecule has 1 rings (SSSR count). The Bertz CT molecular complexity index is 337. The van der Waals surface area contributed by atoms with Gasteiger partial charge in [0.15, 0.2) is 0 Å². The van der Waals surface area contributed by atoms with E-state index in [-0.39, 0.29) is 5.97 Å². The van der Waals surface area contributed by atoms with Gasteiger partial charge in [-0.2, -0.15) is 0 Å². The van der Waals surface area contributed by atoms with Gasteiger partial charge in [0.05, 0.1) is 13.5 Å². The molecule has 0 amide bonds. The fourth-order valence-electron chi connectivity index (χ4n) is 0.977. The Hall–Kier alpha value is -1.30. The van der Waals surface area contributed by atoms with Crippen LogP contribution in [0.2, 0.25) is 0 Å². The number of nitrogens with zero attached hydrogens (tertiary/aromatic N) is 2. The largest absolute Gasteiger partial charge is 0.469 e. The number of carbonyl (C=O) groups excluding carboxylic acids is 1. The molecule has 0 saturated heterocycles. The number of methoxy groups -OCH3 is 1. The molecule has 1 aromatic heterocycles. The molecule has 6 heteroatoms. The first-order valence-electron chi connectivity index (χ1n) is 4.42. The molecule has 1 heterocycles. The molecule has 0 atom stereocenters. The highest BCUT2D eigenvalue weighted by Gasteiger charge is 2.03. The zero-order chi connectivity index (χ0) is 11.3. The maximum absolute atomic E-state index is 10.8. The minimum atomic E-state index is -0.221. The van der Waals surface area contributed by atoms with Crippen molar-refractivity contribution >= 4 is 23.5 Å². The fraction of sp³-hybridized carbons (Fsp3) is 0.444. The highest BCUT2D eigenvalue weighted by atomic mass is 32.2. The zero-order valence-corrected chi connectivity index (χ0v) is 9.50. The first-order chi connectivity index (χ1) is 7.11. The Morgan fingerprint density at radius 1 is 1.60 bits per heavy atom. The van der Waals surface area contributed by atoms with Gasteiger partial charge in [-0.3, -0.25) is 4.79 Å². The number of nitrogens with two attached hydrogens (primary N) is 1. The number of aryl methyl sites for hydroxylation is 1. The van der Waals surface area contributed by atoms with Crippen LogP contribution in [-0.4, -0.2) is 28.8 Å². The number of nitrogen functional groups attached to an aromatic ring is 1. The van der Waals surface area contributed by atoms with E-state index in [4.69, 9.17) is 5.73 Å². The number of anilines is 1. The van der Waals surface area contributed by atoms with Crippen molar-refractivity contribution < 1.29 is 9.53 Å². The summed E-state index contributed by atoms with van der Waals surface area (Å²) in [4.78, 5) is 19.0. The molecule has 15 heavy (non-hydrogen) atoms. The molecule has 0 radical (unpaired) electrons. The van der Waals surface area contributed by atoms with Crippen molar-refractivity contribution in [2.75, 3.05) is 18.6 Å². The van der Waals surface area contributed by atoms with Crippen LogP contribution in [0, 0.1) is 6.92 Å². The van der Waals surface area contributed by atoms with Crippen molar-refractivity contribution in [3.05, 3.63) is 11.9 Å². The highest BCUT2D eigenvalue weighted by Crippen LogP contribution is 2.17. The normalized spacial score (nSPS) is 10.0. The lowest BCUT2D eigenvalue weighted by atomic mass is 10.5. The molecule has 0 fully saturated rings. The van der Waals surface area contributed by atoms with E-state index in [0.29, 0.717) is 23.8 Å². The molecular weight excluding hydrogens is 214 g/mol. The number of hydrogen-bond donors (Lipinski definition) is 1. The Morgan fingerprint density at radius 3 is 2.93 bits per heavy atom. The number of rotatable bonds is 4. The van der Waals surface area contributed by atoms with Crippen LogP contribution in [0.1, 0.15) is 12.2 Å². The second-order valence-corrected chi connectivity index (χ2v) is 3.97. The summed E-state index contributed by atoms with van der Waals surface area (Å²) in [6, 6.07) is 1.69. The van der Waals surface area contributed by atoms with Crippen molar-refractivity contribution in [1.29, 1.82) is 0 Å². The maximum Gasteiger partial charge on any atom is 0.306 e. The summed E-state index contributed by atoms with van der Waals surface area (Å²) in [6.45, 7) is 1.78. The molecule has 1 aromatic rings. The molecule has 0 saturated carbocycles. The van der Waals surface area contributed by atoms with E-state index in [9.17, 15) is 4.79 Å². The predicted octanol–water partition coefficient (Wildman–Crippen LogP) is 1.02. The molecule has 5 nitrogen and oxygen atoms in total. The Morgan fingerprint density at radius 2 is 2.33 bits per heavy atom. The molecule has 0 aromatic carbocycles. The van der Waals surface area contributed by atoms with Crippen molar-refractivity contribution in [1.82, 2.24) is 9.97 Å². The van der Waals surface area contributed by atoms with Crippen LogP contribution >= 0.6 is 11.8 Å². The molecule has 82 valence electrons. The maximum atomic E-state index is 10.8. The summed E-state index contributed by atoms with van der Waals surface area (Å²) in [7, 11) is 1.37. The van der Waals surface area contributed by atoms with E-state index in [1.807, 2.05) is 0 Å². The number of carbonyl (C=O) groups is 1. The van der Waals surface area contributed by atoms with Crippen LogP contribution in [0.5, 0.6) is 0 Å². The fourth-order valence-corrected chi connectivity index (χ4v) is 1.86. The van der Waals surface area contributed by atoms with Gasteiger partial charge in [0, 0.05) is 11.8 Å². The molecule has 0 aliphatic rings. The highest BCUT2D eigenvalue weighted by molar-refractivity contribution is 7.99. The topological polar surface area (TPSA) is 78.1 Å². The van der Waals surface area contributed by atoms with Crippen molar-refractivity contribution in [3.8, 4) is 0 Å². The number of thioether (sulfide) groups is 1. The second-order valence-electron chi connectivity index (χ2n) is 2.85. The minimum Gasteiger partial charge on any atom is -0.469 e. The minimum absolute atomic E-state index is 0.221. The van der Waals surface area contributed by atoms with Gasteiger partial charge in [-0.05, 0) is 6.92 Å². The van der Waals surface area contributed by atoms with Gasteiger partial charge in [0.25, 0.3) is 0 Å². The van der Waals surface area contributed by atoms with Crippen LogP contribution in [-0.2, 0) is 9.53 Å². The van der Waals surface area contributed by atoms with E-state index >= 15 is 0 Å². The number of ether oxygens (including phenoxy) is 1. The van der Waals surface area contributed by atoms with Crippen LogP contribution < -0.4 is 5.73 Å². The molecule has 0 spiro atoms. The quantitative estimate of drug-likeness (QED) is 0.470. The average Bonchev–Trinajstić information content (AvgIpc) is 2.16. The summed E-state index contributed by atoms with van der Waals surface area (Å²) < 4.78 is 4.53. The average molecular weight is 227 g/mol. The Kier molecular flexibility index (Phi) is 4.36. The standard InChI is InChI=1S/C9H13N3O2S/c1-6-11-7(10)5-8(12-6)15-4-3-9(13)14-2/h5H,3-4H2,1-2H3,(H2,10,11,12). The lowest BCUT2D eigenvalue weighted by molar-refractivity contribution is -0.140. The second kappa shape index (κ2) is 5.55. The SMILES string of the molecule is COC(=O)CCSc1cc(N)nc(C)n1. The zero-order valence-electron chi connectivity index (χ0n) is 8.69. The van der Waals surface area contributed by atoms with E-state index in [2.05, 4.69) is 14.7 Å². The van der Waals surface area contributed by atoms with Gasteiger partial charge in [-0.15, -0.1) is 11.8 Å². The molecule has 0 aliphatic heterocycles. The summed E-state index contributed by atoms with van der Waals surface area (Å²) in [5, 5.41) is 0.781. The van der Waals surface area contributed by atoms with Crippen LogP contribution in [0.3, 0.4) is 0 Å². The van der Waals surface area contributed by atoms with Crippen molar-refractivity contribution in [2.45, 2.75) is 18.4 Å². The lowest BCUT2D eigenvalue weighted by Gasteiger charge is -2.02. The Labute approximate surface area is 92.4 Å². The molecule has 2 N–H and O–H groups in total. The van der Waals surface area contributed by atoms with Crippen LogP contribution in [0.15, 0.2) is 11.1 Å². The van der Waals surface area contributed by atoms with E-state index in [1.54, 1.807) is 13.0 Å². The third kappa shape index (κ3) is 4.16. The van der Waals surface area contributed by atoms with Crippen LogP contribution in [0.4, 0.5) is 5.82 Å². The van der Waals surface area contributed by atoms with Gasteiger partial charge < -0.3 is 10.5 Å². The molecule has 0 aliphatic carbocycles. The smallest absolute Gasteiger partial charge is 0.306 e. The first kappa shape index (κ1) is 11.8. The number of hydrogen-bond acceptors (Lipinski definition) is 6. The van der Waals surface area contributed by atoms with Gasteiger partial charge in [-0.25, -0.2) is 9.97 Å². The third-order valence-electron chi connectivity index (χ3n) is 1.62. The van der Waals surface area contributed by atoms with Gasteiger partial charge in [0.2, 0.25) is 0 Å². The number of esters is 1. The van der Waals surface area contributed by atoms with Gasteiger partial charge in [-0.1, -0.05) is 0 Å². The molecule has 0 bridgehead atoms. The van der Waals surface area contributed by atoms with E-state index < -0.39 is 0 Å². The summed E-state index contributed by atoms with van der Waals surface area (Å²) >= 11 is 1.46. The number of aromatic nitrogens is 2. The molecule has 0 unspecified atom stereocenters. The first-order valence-corrected chi connectivity index (χ1v) is 5.41. The van der Waals surface area contributed by atoms with Crippen molar-refractivity contribution in [3.63, 3.8) is 0 Å². The Balaban J connectivity index is 2.47. The van der Waals surface area contributed by atoms with Crippen LogP contribution in [0.25, 0.3) is 0 Å². The third-order valence-corrected chi connectivity index (χ3v) is 2.53. The summed E-state index contributed by atoms with van der Waals surface area (Å²) in [5.74, 6) is 1.49. The van der Waals surface area contributed by atoms with E-state index in [0.717, 1.165) is 5.03 Å². The summed E-state index contributed by atoms with van der Waals surface area (Å²) in [5.41, 5.74) is 5.56. The monoisotopic (exact) mass is 227 g/mol.